The SMILES string of the molecule is C/C=C/C(=O)OCC(=O)NNC(=O)c1ccc(Cl)cc1. The fraction of sp³-hybridized carbons (Fsp3) is 0.154. The molecule has 1 aromatic carbocycles. The summed E-state index contributed by atoms with van der Waals surface area (Å²) in [5.41, 5.74) is 4.64. The van der Waals surface area contributed by atoms with Crippen LogP contribution < -0.4 is 10.9 Å². The zero-order valence-electron chi connectivity index (χ0n) is 10.7. The van der Waals surface area contributed by atoms with E-state index in [-0.39, 0.29) is 0 Å². The Morgan fingerprint density at radius 1 is 1.20 bits per heavy atom. The third kappa shape index (κ3) is 5.53. The summed E-state index contributed by atoms with van der Waals surface area (Å²) in [5, 5.41) is 0.501. The van der Waals surface area contributed by atoms with Crippen molar-refractivity contribution in [3.63, 3.8) is 0 Å². The van der Waals surface area contributed by atoms with E-state index in [9.17, 15) is 14.4 Å². The van der Waals surface area contributed by atoms with E-state index < -0.39 is 24.4 Å². The molecule has 1 aromatic rings. The average Bonchev–Trinajstić information content (AvgIpc) is 2.43. The summed E-state index contributed by atoms with van der Waals surface area (Å²) < 4.78 is 4.59. The van der Waals surface area contributed by atoms with Crippen LogP contribution in [0.4, 0.5) is 0 Å². The second kappa shape index (κ2) is 7.96. The van der Waals surface area contributed by atoms with Gasteiger partial charge in [-0.3, -0.25) is 20.4 Å². The van der Waals surface area contributed by atoms with Gasteiger partial charge in [-0.15, -0.1) is 0 Å². The smallest absolute Gasteiger partial charge is 0.330 e. The maximum Gasteiger partial charge on any atom is 0.330 e. The van der Waals surface area contributed by atoms with Crippen molar-refractivity contribution in [2.75, 3.05) is 6.61 Å². The molecule has 0 aliphatic heterocycles. The molecule has 0 atom stereocenters. The van der Waals surface area contributed by atoms with Gasteiger partial charge in [0.2, 0.25) is 0 Å². The zero-order chi connectivity index (χ0) is 15.0. The number of rotatable bonds is 4. The molecule has 106 valence electrons. The van der Waals surface area contributed by atoms with E-state index in [1.807, 2.05) is 0 Å². The summed E-state index contributed by atoms with van der Waals surface area (Å²) >= 11 is 5.69. The van der Waals surface area contributed by atoms with Crippen LogP contribution >= 0.6 is 11.6 Å². The molecule has 0 saturated carbocycles. The molecule has 1 rings (SSSR count). The molecule has 6 nitrogen and oxygen atoms in total. The second-order valence-electron chi connectivity index (χ2n) is 3.62. The molecular weight excluding hydrogens is 284 g/mol. The maximum atomic E-state index is 11.6. The molecule has 0 saturated heterocycles. The molecule has 2 N–H and O–H groups in total. The van der Waals surface area contributed by atoms with Crippen molar-refractivity contribution in [3.8, 4) is 0 Å². The van der Waals surface area contributed by atoms with Crippen molar-refractivity contribution < 1.29 is 19.1 Å². The van der Waals surface area contributed by atoms with Gasteiger partial charge in [-0.1, -0.05) is 17.7 Å². The lowest BCUT2D eigenvalue weighted by Gasteiger charge is -2.07. The third-order valence-corrected chi connectivity index (χ3v) is 2.32. The largest absolute Gasteiger partial charge is 0.452 e. The number of esters is 1. The van der Waals surface area contributed by atoms with Crippen LogP contribution in [0, 0.1) is 0 Å². The van der Waals surface area contributed by atoms with Crippen molar-refractivity contribution in [2.45, 2.75) is 6.92 Å². The minimum atomic E-state index is -0.648. The minimum Gasteiger partial charge on any atom is -0.452 e. The average molecular weight is 297 g/mol. The summed E-state index contributed by atoms with van der Waals surface area (Å²) in [7, 11) is 0. The van der Waals surface area contributed by atoms with Gasteiger partial charge in [0, 0.05) is 16.7 Å². The first-order valence-electron chi connectivity index (χ1n) is 5.67. The third-order valence-electron chi connectivity index (χ3n) is 2.07. The van der Waals surface area contributed by atoms with Crippen LogP contribution in [-0.2, 0) is 14.3 Å². The van der Waals surface area contributed by atoms with E-state index in [4.69, 9.17) is 11.6 Å². The topological polar surface area (TPSA) is 84.5 Å². The standard InChI is InChI=1S/C13H13ClN2O4/c1-2-3-12(18)20-8-11(17)15-16-13(19)9-4-6-10(14)7-5-9/h2-7H,8H2,1H3,(H,15,17)(H,16,19)/b3-2+. The van der Waals surface area contributed by atoms with Crippen LogP contribution in [0.1, 0.15) is 17.3 Å². The van der Waals surface area contributed by atoms with Crippen LogP contribution in [-0.4, -0.2) is 24.4 Å². The highest BCUT2D eigenvalue weighted by Crippen LogP contribution is 2.08. The van der Waals surface area contributed by atoms with Gasteiger partial charge in [-0.05, 0) is 31.2 Å². The van der Waals surface area contributed by atoms with Crippen LogP contribution in [0.5, 0.6) is 0 Å². The van der Waals surface area contributed by atoms with Gasteiger partial charge in [0.05, 0.1) is 0 Å². The first-order chi connectivity index (χ1) is 9.52. The molecule has 0 spiro atoms. The number of allylic oxidation sites excluding steroid dienone is 1. The molecule has 2 amide bonds. The molecule has 0 fully saturated rings. The van der Waals surface area contributed by atoms with E-state index in [1.54, 1.807) is 19.1 Å². The summed E-state index contributed by atoms with van der Waals surface area (Å²) in [4.78, 5) is 33.9. The number of carbonyl (C=O) groups excluding carboxylic acids is 3. The summed E-state index contributed by atoms with van der Waals surface area (Å²) in [6.45, 7) is 1.16. The van der Waals surface area contributed by atoms with Gasteiger partial charge in [0.15, 0.2) is 6.61 Å². The van der Waals surface area contributed by atoms with Gasteiger partial charge in [0.1, 0.15) is 0 Å². The van der Waals surface area contributed by atoms with Crippen molar-refractivity contribution in [1.82, 2.24) is 10.9 Å². The van der Waals surface area contributed by atoms with Crippen LogP contribution in [0.2, 0.25) is 5.02 Å². The van der Waals surface area contributed by atoms with Gasteiger partial charge in [-0.2, -0.15) is 0 Å². The number of hydrogen-bond donors (Lipinski definition) is 2. The molecule has 0 aliphatic carbocycles. The minimum absolute atomic E-state index is 0.334. The number of halogens is 1. The summed E-state index contributed by atoms with van der Waals surface area (Å²) in [6, 6.07) is 6.13. The molecule has 0 aliphatic rings. The predicted octanol–water partition coefficient (Wildman–Crippen LogP) is 1.22. The molecule has 0 bridgehead atoms. The normalized spacial score (nSPS) is 10.1. The second-order valence-corrected chi connectivity index (χ2v) is 4.05. The summed E-state index contributed by atoms with van der Waals surface area (Å²) in [6.07, 6.45) is 2.67. The number of ether oxygens (including phenoxy) is 1. The number of carbonyl (C=O) groups is 3. The molecule has 0 radical (unpaired) electrons. The number of hydrazine groups is 1. The fourth-order valence-electron chi connectivity index (χ4n) is 1.16. The monoisotopic (exact) mass is 296 g/mol. The highest BCUT2D eigenvalue weighted by molar-refractivity contribution is 6.30. The Morgan fingerprint density at radius 3 is 2.45 bits per heavy atom. The van der Waals surface area contributed by atoms with Crippen molar-refractivity contribution >= 4 is 29.4 Å². The molecular formula is C13H13ClN2O4. The Labute approximate surface area is 120 Å². The molecule has 0 aromatic heterocycles. The van der Waals surface area contributed by atoms with Crippen LogP contribution in [0.3, 0.4) is 0 Å². The van der Waals surface area contributed by atoms with Crippen molar-refractivity contribution in [3.05, 3.63) is 47.0 Å². The Kier molecular flexibility index (Phi) is 6.25. The van der Waals surface area contributed by atoms with Crippen molar-refractivity contribution in [1.29, 1.82) is 0 Å². The van der Waals surface area contributed by atoms with Crippen LogP contribution in [0.25, 0.3) is 0 Å². The lowest BCUT2D eigenvalue weighted by Crippen LogP contribution is -2.43. The molecule has 0 heterocycles. The molecule has 20 heavy (non-hydrogen) atoms. The van der Waals surface area contributed by atoms with E-state index in [2.05, 4.69) is 15.6 Å². The molecule has 7 heteroatoms. The summed E-state index contributed by atoms with van der Waals surface area (Å²) in [5.74, 6) is -1.79. The first-order valence-corrected chi connectivity index (χ1v) is 6.05. The number of nitrogens with one attached hydrogen (secondary N) is 2. The van der Waals surface area contributed by atoms with Crippen LogP contribution in [0.15, 0.2) is 36.4 Å². The Hall–Kier alpha value is -2.34. The Bertz CT molecular complexity index is 526. The predicted molar refractivity (Wildman–Crippen MR) is 72.8 cm³/mol. The quantitative estimate of drug-likeness (QED) is 0.497. The lowest BCUT2D eigenvalue weighted by molar-refractivity contribution is -0.144. The highest BCUT2D eigenvalue weighted by Gasteiger charge is 2.08. The number of hydrogen-bond acceptors (Lipinski definition) is 4. The highest BCUT2D eigenvalue weighted by atomic mass is 35.5. The van der Waals surface area contributed by atoms with Gasteiger partial charge in [0.25, 0.3) is 11.8 Å². The first kappa shape index (κ1) is 15.7. The van der Waals surface area contributed by atoms with E-state index in [1.165, 1.54) is 24.3 Å². The maximum absolute atomic E-state index is 11.6. The Balaban J connectivity index is 2.35. The lowest BCUT2D eigenvalue weighted by atomic mass is 10.2. The van der Waals surface area contributed by atoms with Gasteiger partial charge < -0.3 is 4.74 Å². The van der Waals surface area contributed by atoms with Gasteiger partial charge in [-0.25, -0.2) is 4.79 Å². The number of amides is 2. The Morgan fingerprint density at radius 2 is 1.85 bits per heavy atom. The fourth-order valence-corrected chi connectivity index (χ4v) is 1.28. The molecule has 0 unspecified atom stereocenters. The van der Waals surface area contributed by atoms with E-state index in [0.29, 0.717) is 10.6 Å². The van der Waals surface area contributed by atoms with E-state index in [0.717, 1.165) is 0 Å². The van der Waals surface area contributed by atoms with Crippen molar-refractivity contribution in [2.24, 2.45) is 0 Å². The number of benzene rings is 1. The zero-order valence-corrected chi connectivity index (χ0v) is 11.4. The van der Waals surface area contributed by atoms with E-state index >= 15 is 0 Å². The van der Waals surface area contributed by atoms with Gasteiger partial charge >= 0.3 is 5.97 Å².